The number of nitrogens with one attached hydrogen (secondary N) is 1. The van der Waals surface area contributed by atoms with Crippen LogP contribution in [0, 0.1) is 11.8 Å². The van der Waals surface area contributed by atoms with E-state index in [4.69, 9.17) is 9.84 Å². The van der Waals surface area contributed by atoms with Crippen LogP contribution in [-0.2, 0) is 14.3 Å². The van der Waals surface area contributed by atoms with Gasteiger partial charge in [0, 0.05) is 32.0 Å². The number of hydrogen-bond donors (Lipinski definition) is 2. The average molecular weight is 472 g/mol. The van der Waals surface area contributed by atoms with Crippen molar-refractivity contribution in [1.29, 1.82) is 0 Å². The fraction of sp³-hybridized carbons (Fsp3) is 0.400. The third-order valence-corrected chi connectivity index (χ3v) is 6.56. The Labute approximate surface area is 195 Å². The first kappa shape index (κ1) is 23.7. The number of carbonyl (C=O) groups is 3. The molecule has 1 heterocycles. The Morgan fingerprint density at radius 2 is 1.71 bits per heavy atom. The summed E-state index contributed by atoms with van der Waals surface area (Å²) in [5.74, 6) is -8.23. The van der Waals surface area contributed by atoms with Gasteiger partial charge in [-0.05, 0) is 22.3 Å². The highest BCUT2D eigenvalue weighted by molar-refractivity contribution is 5.81. The summed E-state index contributed by atoms with van der Waals surface area (Å²) in [7, 11) is 0. The summed E-state index contributed by atoms with van der Waals surface area (Å²) in [6.45, 7) is 0.833. The molecule has 34 heavy (non-hydrogen) atoms. The lowest BCUT2D eigenvalue weighted by Gasteiger charge is -2.37. The number of carbonyl (C=O) groups excluding carboxylic acids is 2. The lowest BCUT2D eigenvalue weighted by Crippen LogP contribution is -2.53. The molecule has 4 rings (SSSR count). The Kier molecular flexibility index (Phi) is 6.54. The molecule has 0 radical (unpaired) electrons. The summed E-state index contributed by atoms with van der Waals surface area (Å²) < 4.78 is 33.1. The highest BCUT2D eigenvalue weighted by Crippen LogP contribution is 2.44. The zero-order valence-electron chi connectivity index (χ0n) is 18.7. The summed E-state index contributed by atoms with van der Waals surface area (Å²) in [5, 5.41) is 11.6. The Bertz CT molecular complexity index is 1060. The van der Waals surface area contributed by atoms with Crippen molar-refractivity contribution in [1.82, 2.24) is 10.2 Å². The predicted octanol–water partition coefficient (Wildman–Crippen LogP) is 3.73. The van der Waals surface area contributed by atoms with Crippen LogP contribution in [0.15, 0.2) is 48.5 Å². The molecule has 0 spiro atoms. The maximum Gasteiger partial charge on any atom is 0.407 e. The number of fused-ring (bicyclic) bond motifs is 3. The molecule has 2 atom stereocenters. The molecule has 2 N–H and O–H groups in total. The van der Waals surface area contributed by atoms with Crippen molar-refractivity contribution < 1.29 is 33.0 Å². The zero-order valence-corrected chi connectivity index (χ0v) is 18.7. The quantitative estimate of drug-likeness (QED) is 0.668. The fourth-order valence-electron chi connectivity index (χ4n) is 4.65. The number of amides is 2. The van der Waals surface area contributed by atoms with Gasteiger partial charge >= 0.3 is 12.1 Å². The van der Waals surface area contributed by atoms with Crippen LogP contribution in [0.4, 0.5) is 13.6 Å². The van der Waals surface area contributed by atoms with Crippen LogP contribution in [0.3, 0.4) is 0 Å². The van der Waals surface area contributed by atoms with Gasteiger partial charge in [0.15, 0.2) is 0 Å². The molecule has 2 amide bonds. The Morgan fingerprint density at radius 1 is 1.12 bits per heavy atom. The fourth-order valence-corrected chi connectivity index (χ4v) is 4.65. The Morgan fingerprint density at radius 3 is 2.29 bits per heavy atom. The van der Waals surface area contributed by atoms with E-state index in [9.17, 15) is 23.2 Å². The Balaban J connectivity index is 1.30. The van der Waals surface area contributed by atoms with Crippen LogP contribution in [0.25, 0.3) is 11.1 Å². The number of likely N-dealkylation sites (tertiary alicyclic amines) is 1. The molecule has 0 aromatic heterocycles. The highest BCUT2D eigenvalue weighted by atomic mass is 19.3. The smallest absolute Gasteiger partial charge is 0.407 e. The molecular formula is C25H26F2N2O5. The summed E-state index contributed by atoms with van der Waals surface area (Å²) in [6, 6.07) is 15.9. The lowest BCUT2D eigenvalue weighted by molar-refractivity contribution is -0.170. The van der Waals surface area contributed by atoms with Gasteiger partial charge in [0.2, 0.25) is 5.91 Å². The number of alkyl carbamates (subject to hydrolysis) is 1. The van der Waals surface area contributed by atoms with Crippen LogP contribution in [0.2, 0.25) is 0 Å². The first-order valence-electron chi connectivity index (χ1n) is 11.2. The molecule has 180 valence electrons. The summed E-state index contributed by atoms with van der Waals surface area (Å²) in [4.78, 5) is 37.2. The van der Waals surface area contributed by atoms with Crippen molar-refractivity contribution in [2.45, 2.75) is 25.2 Å². The molecule has 1 fully saturated rings. The molecule has 9 heteroatoms. The molecule has 1 saturated heterocycles. The van der Waals surface area contributed by atoms with E-state index in [1.54, 1.807) is 6.92 Å². The standard InChI is InChI=1S/C25H26F2N2O5/c1-15(22(30)29-11-10-25(26,27)21(13-29)23(31)32)12-28-24(33)34-14-20-18-8-4-2-6-16(18)17-7-3-5-9-19(17)20/h2-9,15,20-21H,10-14H2,1H3,(H,28,33)(H,31,32). The molecule has 2 aliphatic rings. The largest absolute Gasteiger partial charge is 0.481 e. The number of halogens is 2. The lowest BCUT2D eigenvalue weighted by atomic mass is 9.92. The van der Waals surface area contributed by atoms with Crippen LogP contribution < -0.4 is 5.32 Å². The van der Waals surface area contributed by atoms with Gasteiger partial charge in [-0.15, -0.1) is 0 Å². The maximum absolute atomic E-state index is 13.8. The van der Waals surface area contributed by atoms with Gasteiger partial charge in [0.25, 0.3) is 5.92 Å². The topological polar surface area (TPSA) is 95.9 Å². The second-order valence-corrected chi connectivity index (χ2v) is 8.79. The number of rotatable bonds is 6. The van der Waals surface area contributed by atoms with Gasteiger partial charge in [0.1, 0.15) is 12.5 Å². The van der Waals surface area contributed by atoms with Crippen LogP contribution in [0.5, 0.6) is 0 Å². The molecular weight excluding hydrogens is 446 g/mol. The predicted molar refractivity (Wildman–Crippen MR) is 120 cm³/mol. The van der Waals surface area contributed by atoms with Crippen LogP contribution in [-0.4, -0.2) is 60.1 Å². The normalized spacial score (nSPS) is 19.6. The number of benzene rings is 2. The number of nitrogens with zero attached hydrogens (tertiary/aromatic N) is 1. The van der Waals surface area contributed by atoms with Crippen LogP contribution >= 0.6 is 0 Å². The number of piperidine rings is 1. The Hall–Kier alpha value is -3.49. The number of aliphatic carboxylic acids is 1. The van der Waals surface area contributed by atoms with Crippen molar-refractivity contribution in [3.63, 3.8) is 0 Å². The van der Waals surface area contributed by atoms with Gasteiger partial charge in [-0.2, -0.15) is 0 Å². The van der Waals surface area contributed by atoms with Gasteiger partial charge < -0.3 is 20.1 Å². The zero-order chi connectivity index (χ0) is 24.5. The summed E-state index contributed by atoms with van der Waals surface area (Å²) in [6.07, 6.45) is -1.39. The molecule has 2 aromatic rings. The van der Waals surface area contributed by atoms with Crippen molar-refractivity contribution in [3.8, 4) is 11.1 Å². The van der Waals surface area contributed by atoms with Crippen molar-refractivity contribution >= 4 is 18.0 Å². The van der Waals surface area contributed by atoms with Crippen molar-refractivity contribution in [2.24, 2.45) is 11.8 Å². The van der Waals surface area contributed by atoms with E-state index < -0.39 is 48.7 Å². The first-order chi connectivity index (χ1) is 16.2. The first-order valence-corrected chi connectivity index (χ1v) is 11.2. The number of ether oxygens (including phenoxy) is 1. The van der Waals surface area contributed by atoms with Crippen molar-refractivity contribution in [2.75, 3.05) is 26.2 Å². The molecule has 1 aliphatic heterocycles. The number of alkyl halides is 2. The van der Waals surface area contributed by atoms with E-state index >= 15 is 0 Å². The summed E-state index contributed by atoms with van der Waals surface area (Å²) >= 11 is 0. The van der Waals surface area contributed by atoms with Crippen molar-refractivity contribution in [3.05, 3.63) is 59.7 Å². The molecule has 0 saturated carbocycles. The van der Waals surface area contributed by atoms with Crippen LogP contribution in [0.1, 0.15) is 30.4 Å². The van der Waals surface area contributed by atoms with Gasteiger partial charge in [-0.3, -0.25) is 9.59 Å². The third kappa shape index (κ3) is 4.60. The van der Waals surface area contributed by atoms with E-state index in [1.807, 2.05) is 48.5 Å². The minimum absolute atomic E-state index is 0.0554. The van der Waals surface area contributed by atoms with Gasteiger partial charge in [-0.25, -0.2) is 13.6 Å². The molecule has 2 unspecified atom stereocenters. The summed E-state index contributed by atoms with van der Waals surface area (Å²) in [5.41, 5.74) is 4.38. The number of carboxylic acids is 1. The van der Waals surface area contributed by atoms with Gasteiger partial charge in [0.05, 0.1) is 5.92 Å². The molecule has 1 aliphatic carbocycles. The van der Waals surface area contributed by atoms with E-state index in [1.165, 1.54) is 0 Å². The van der Waals surface area contributed by atoms with E-state index in [0.717, 1.165) is 27.2 Å². The molecule has 0 bridgehead atoms. The number of hydrogen-bond acceptors (Lipinski definition) is 4. The third-order valence-electron chi connectivity index (χ3n) is 6.56. The van der Waals surface area contributed by atoms with E-state index in [2.05, 4.69) is 5.32 Å². The molecule has 7 nitrogen and oxygen atoms in total. The van der Waals surface area contributed by atoms with E-state index in [0.29, 0.717) is 0 Å². The second-order valence-electron chi connectivity index (χ2n) is 8.79. The minimum atomic E-state index is -3.36. The monoisotopic (exact) mass is 472 g/mol. The number of carboxylic acid groups (broad SMARTS) is 1. The maximum atomic E-state index is 13.8. The van der Waals surface area contributed by atoms with E-state index in [-0.39, 0.29) is 25.6 Å². The highest BCUT2D eigenvalue weighted by Gasteiger charge is 2.49. The second kappa shape index (κ2) is 9.40. The van der Waals surface area contributed by atoms with Gasteiger partial charge in [-0.1, -0.05) is 55.5 Å². The minimum Gasteiger partial charge on any atom is -0.481 e. The average Bonchev–Trinajstić information content (AvgIpc) is 3.14. The SMILES string of the molecule is CC(CNC(=O)OCC1c2ccccc2-c2ccccc21)C(=O)N1CCC(F)(F)C(C(=O)O)C1. The molecule has 2 aromatic carbocycles.